The van der Waals surface area contributed by atoms with Crippen molar-refractivity contribution in [2.45, 2.75) is 51.2 Å². The van der Waals surface area contributed by atoms with E-state index in [1.807, 2.05) is 0 Å². The molecule has 1 heterocycles. The average molecular weight is 323 g/mol. The maximum Gasteiger partial charge on any atom is 0.0920 e. The highest BCUT2D eigenvalue weighted by molar-refractivity contribution is 5.28. The first kappa shape index (κ1) is 17.2. The highest BCUT2D eigenvalue weighted by atomic mass is 16.3. The molecule has 0 radical (unpaired) electrons. The Balaban J connectivity index is 1.57. The first-order valence-electron chi connectivity index (χ1n) is 9.28. The van der Waals surface area contributed by atoms with Gasteiger partial charge in [0.25, 0.3) is 0 Å². The van der Waals surface area contributed by atoms with Crippen molar-refractivity contribution in [3.63, 3.8) is 0 Å². The summed E-state index contributed by atoms with van der Waals surface area (Å²) in [6.07, 6.45) is 5.23. The molecule has 2 nitrogen and oxygen atoms in total. The zero-order valence-electron chi connectivity index (χ0n) is 14.7. The lowest BCUT2D eigenvalue weighted by molar-refractivity contribution is -0.0277. The summed E-state index contributed by atoms with van der Waals surface area (Å²) in [5, 5.41) is 11.1. The first-order valence-corrected chi connectivity index (χ1v) is 9.28. The standard InChI is InChI=1S/C22H29NO/c1-2-3-7-19-10-12-21(13-11-19)22(24)14-16-23(17-15-22)18-20-8-5-4-6-9-20/h4-6,8-13,24H,2-3,7,14-18H2,1H3. The smallest absolute Gasteiger partial charge is 0.0920 e. The molecular formula is C22H29NO. The minimum atomic E-state index is -0.656. The number of unbranched alkanes of at least 4 members (excludes halogenated alkanes) is 1. The summed E-state index contributed by atoms with van der Waals surface area (Å²) in [5.74, 6) is 0. The Morgan fingerprint density at radius 3 is 2.21 bits per heavy atom. The zero-order valence-corrected chi connectivity index (χ0v) is 14.7. The van der Waals surface area contributed by atoms with Crippen molar-refractivity contribution in [1.29, 1.82) is 0 Å². The molecule has 1 fully saturated rings. The Morgan fingerprint density at radius 2 is 1.58 bits per heavy atom. The minimum absolute atomic E-state index is 0.656. The Hall–Kier alpha value is -1.64. The van der Waals surface area contributed by atoms with E-state index in [1.54, 1.807) is 0 Å². The summed E-state index contributed by atoms with van der Waals surface area (Å²) in [4.78, 5) is 2.44. The molecule has 1 saturated heterocycles. The van der Waals surface area contributed by atoms with Gasteiger partial charge >= 0.3 is 0 Å². The summed E-state index contributed by atoms with van der Waals surface area (Å²) in [6, 6.07) is 19.3. The van der Waals surface area contributed by atoms with Gasteiger partial charge in [-0.05, 0) is 42.4 Å². The second-order valence-electron chi connectivity index (χ2n) is 7.09. The number of likely N-dealkylation sites (tertiary alicyclic amines) is 1. The van der Waals surface area contributed by atoms with Crippen LogP contribution in [0.2, 0.25) is 0 Å². The lowest BCUT2D eigenvalue weighted by atomic mass is 9.84. The highest BCUT2D eigenvalue weighted by Crippen LogP contribution is 2.33. The fourth-order valence-electron chi connectivity index (χ4n) is 3.57. The van der Waals surface area contributed by atoms with Crippen LogP contribution in [-0.4, -0.2) is 23.1 Å². The summed E-state index contributed by atoms with van der Waals surface area (Å²) < 4.78 is 0. The Bertz CT molecular complexity index is 612. The minimum Gasteiger partial charge on any atom is -0.385 e. The monoisotopic (exact) mass is 323 g/mol. The van der Waals surface area contributed by atoms with Gasteiger partial charge in [0.15, 0.2) is 0 Å². The SMILES string of the molecule is CCCCc1ccc(C2(O)CCN(Cc3ccccc3)CC2)cc1. The summed E-state index contributed by atoms with van der Waals surface area (Å²) in [5.41, 5.74) is 3.16. The second kappa shape index (κ2) is 7.96. The third-order valence-electron chi connectivity index (χ3n) is 5.24. The van der Waals surface area contributed by atoms with Gasteiger partial charge in [-0.1, -0.05) is 67.9 Å². The molecule has 3 rings (SSSR count). The third-order valence-corrected chi connectivity index (χ3v) is 5.24. The molecule has 2 heteroatoms. The van der Waals surface area contributed by atoms with Crippen LogP contribution in [0.3, 0.4) is 0 Å². The van der Waals surface area contributed by atoms with Crippen LogP contribution in [0.4, 0.5) is 0 Å². The van der Waals surface area contributed by atoms with Crippen molar-refractivity contribution in [3.05, 3.63) is 71.3 Å². The van der Waals surface area contributed by atoms with Gasteiger partial charge in [0.1, 0.15) is 0 Å². The fourth-order valence-corrected chi connectivity index (χ4v) is 3.57. The lowest BCUT2D eigenvalue weighted by Gasteiger charge is -2.38. The lowest BCUT2D eigenvalue weighted by Crippen LogP contribution is -2.42. The third kappa shape index (κ3) is 4.25. The van der Waals surface area contributed by atoms with E-state index in [0.29, 0.717) is 0 Å². The van der Waals surface area contributed by atoms with E-state index < -0.39 is 5.60 Å². The molecule has 0 aromatic heterocycles. The zero-order chi connectivity index (χ0) is 16.8. The van der Waals surface area contributed by atoms with Gasteiger partial charge in [-0.3, -0.25) is 4.90 Å². The Labute approximate surface area is 146 Å². The predicted molar refractivity (Wildman–Crippen MR) is 99.9 cm³/mol. The summed E-state index contributed by atoms with van der Waals surface area (Å²) >= 11 is 0. The molecule has 1 aliphatic rings. The van der Waals surface area contributed by atoms with Crippen molar-refractivity contribution >= 4 is 0 Å². The maximum absolute atomic E-state index is 11.1. The van der Waals surface area contributed by atoms with Crippen LogP contribution in [0.25, 0.3) is 0 Å². The van der Waals surface area contributed by atoms with Gasteiger partial charge in [0, 0.05) is 19.6 Å². The van der Waals surface area contributed by atoms with Crippen LogP contribution in [0.1, 0.15) is 49.3 Å². The first-order chi connectivity index (χ1) is 11.7. The normalized spacial score (nSPS) is 17.8. The highest BCUT2D eigenvalue weighted by Gasteiger charge is 2.33. The van der Waals surface area contributed by atoms with E-state index in [0.717, 1.165) is 44.5 Å². The fraction of sp³-hybridized carbons (Fsp3) is 0.455. The molecule has 2 aromatic rings. The van der Waals surface area contributed by atoms with Gasteiger partial charge in [-0.15, -0.1) is 0 Å². The number of aliphatic hydroxyl groups is 1. The van der Waals surface area contributed by atoms with Gasteiger partial charge in [-0.25, -0.2) is 0 Å². The van der Waals surface area contributed by atoms with Crippen LogP contribution in [0, 0.1) is 0 Å². The van der Waals surface area contributed by atoms with Crippen molar-refractivity contribution in [1.82, 2.24) is 4.90 Å². The molecule has 24 heavy (non-hydrogen) atoms. The van der Waals surface area contributed by atoms with E-state index in [2.05, 4.69) is 66.4 Å². The van der Waals surface area contributed by atoms with E-state index >= 15 is 0 Å². The van der Waals surface area contributed by atoms with Crippen molar-refractivity contribution < 1.29 is 5.11 Å². The molecule has 0 unspecified atom stereocenters. The molecule has 0 aliphatic carbocycles. The molecule has 1 N–H and O–H groups in total. The molecule has 2 aromatic carbocycles. The van der Waals surface area contributed by atoms with Gasteiger partial charge in [0.05, 0.1) is 5.60 Å². The van der Waals surface area contributed by atoms with Gasteiger partial charge in [-0.2, -0.15) is 0 Å². The molecule has 0 bridgehead atoms. The Kier molecular flexibility index (Phi) is 5.70. The number of piperidine rings is 1. The van der Waals surface area contributed by atoms with Crippen LogP contribution < -0.4 is 0 Å². The van der Waals surface area contributed by atoms with Crippen LogP contribution in [0.5, 0.6) is 0 Å². The second-order valence-corrected chi connectivity index (χ2v) is 7.09. The number of nitrogens with zero attached hydrogens (tertiary/aromatic N) is 1. The molecule has 0 amide bonds. The van der Waals surface area contributed by atoms with E-state index in [4.69, 9.17) is 0 Å². The topological polar surface area (TPSA) is 23.5 Å². The van der Waals surface area contributed by atoms with Crippen molar-refractivity contribution in [3.8, 4) is 0 Å². The van der Waals surface area contributed by atoms with Gasteiger partial charge in [0.2, 0.25) is 0 Å². The quantitative estimate of drug-likeness (QED) is 0.845. The summed E-state index contributed by atoms with van der Waals surface area (Å²) in [7, 11) is 0. The van der Waals surface area contributed by atoms with Crippen LogP contribution >= 0.6 is 0 Å². The molecule has 1 aliphatic heterocycles. The average Bonchev–Trinajstić information content (AvgIpc) is 2.63. The number of hydrogen-bond donors (Lipinski definition) is 1. The van der Waals surface area contributed by atoms with E-state index in [1.165, 1.54) is 24.0 Å². The Morgan fingerprint density at radius 1 is 0.917 bits per heavy atom. The van der Waals surface area contributed by atoms with Crippen LogP contribution in [-0.2, 0) is 18.6 Å². The molecule has 0 saturated carbocycles. The number of aryl methyl sites for hydroxylation is 1. The van der Waals surface area contributed by atoms with Crippen molar-refractivity contribution in [2.24, 2.45) is 0 Å². The summed E-state index contributed by atoms with van der Waals surface area (Å²) in [6.45, 7) is 5.10. The van der Waals surface area contributed by atoms with Crippen LogP contribution in [0.15, 0.2) is 54.6 Å². The number of hydrogen-bond acceptors (Lipinski definition) is 2. The van der Waals surface area contributed by atoms with E-state index in [9.17, 15) is 5.11 Å². The van der Waals surface area contributed by atoms with Gasteiger partial charge < -0.3 is 5.11 Å². The van der Waals surface area contributed by atoms with E-state index in [-0.39, 0.29) is 0 Å². The molecule has 0 atom stereocenters. The molecule has 0 spiro atoms. The molecular weight excluding hydrogens is 294 g/mol. The van der Waals surface area contributed by atoms with Crippen molar-refractivity contribution in [2.75, 3.05) is 13.1 Å². The largest absolute Gasteiger partial charge is 0.385 e. The molecule has 128 valence electrons. The maximum atomic E-state index is 11.1. The number of benzene rings is 2. The number of rotatable bonds is 6. The predicted octanol–water partition coefficient (Wildman–Crippen LogP) is 4.51.